The molecule has 0 N–H and O–H groups in total. The Balaban J connectivity index is 1.99. The average molecular weight is 289 g/mol. The number of nitrogens with zero attached hydrogens (tertiary/aromatic N) is 3. The fourth-order valence-corrected chi connectivity index (χ4v) is 3.62. The van der Waals surface area contributed by atoms with Crippen LogP contribution in [0.4, 0.5) is 0 Å². The lowest BCUT2D eigenvalue weighted by Gasteiger charge is -2.27. The van der Waals surface area contributed by atoms with Gasteiger partial charge in [-0.25, -0.2) is 0 Å². The van der Waals surface area contributed by atoms with E-state index in [0.29, 0.717) is 12.6 Å². The van der Waals surface area contributed by atoms with E-state index < -0.39 is 0 Å². The number of carbonyl (C=O) groups is 2. The first-order valence-corrected chi connectivity index (χ1v) is 8.00. The lowest BCUT2D eigenvalue weighted by molar-refractivity contribution is -0.117. The molecule has 0 atom stereocenters. The second kappa shape index (κ2) is 5.62. The number of fused-ring (bicyclic) bond motifs is 1. The summed E-state index contributed by atoms with van der Waals surface area (Å²) >= 11 is 0. The van der Waals surface area contributed by atoms with Gasteiger partial charge in [-0.2, -0.15) is 5.10 Å². The van der Waals surface area contributed by atoms with Crippen molar-refractivity contribution < 1.29 is 9.59 Å². The molecule has 1 aliphatic heterocycles. The molecule has 0 unspecified atom stereocenters. The summed E-state index contributed by atoms with van der Waals surface area (Å²) in [7, 11) is 0. The van der Waals surface area contributed by atoms with Crippen molar-refractivity contribution in [2.75, 3.05) is 13.1 Å². The van der Waals surface area contributed by atoms with Crippen LogP contribution in [-0.4, -0.2) is 39.5 Å². The topological polar surface area (TPSA) is 55.2 Å². The Kier molecular flexibility index (Phi) is 3.83. The molecular formula is C16H23N3O2. The number of hydrogen-bond donors (Lipinski definition) is 0. The van der Waals surface area contributed by atoms with Crippen molar-refractivity contribution in [1.29, 1.82) is 0 Å². The molecule has 5 heteroatoms. The SMILES string of the molecule is CCc1nn(C2CCCC2)c2c1CCN(CC(C)=O)C2=O. The van der Waals surface area contributed by atoms with Gasteiger partial charge in [-0.1, -0.05) is 19.8 Å². The van der Waals surface area contributed by atoms with Gasteiger partial charge in [-0.05, 0) is 32.6 Å². The summed E-state index contributed by atoms with van der Waals surface area (Å²) in [6, 6.07) is 0.361. The third-order valence-electron chi connectivity index (χ3n) is 4.63. The maximum absolute atomic E-state index is 12.8. The molecule has 21 heavy (non-hydrogen) atoms. The van der Waals surface area contributed by atoms with E-state index in [1.165, 1.54) is 19.8 Å². The van der Waals surface area contributed by atoms with Gasteiger partial charge < -0.3 is 4.90 Å². The zero-order valence-electron chi connectivity index (χ0n) is 12.9. The van der Waals surface area contributed by atoms with Crippen LogP contribution in [0.15, 0.2) is 0 Å². The van der Waals surface area contributed by atoms with Gasteiger partial charge in [-0.3, -0.25) is 14.3 Å². The molecule has 3 rings (SSSR count). The number of Topliss-reactive ketones (excluding diaryl/α,β-unsaturated/α-hetero) is 1. The minimum Gasteiger partial charge on any atom is -0.330 e. The first-order valence-electron chi connectivity index (χ1n) is 8.00. The molecule has 0 bridgehead atoms. The molecule has 1 aliphatic carbocycles. The minimum absolute atomic E-state index is 0.00875. The predicted octanol–water partition coefficient (Wildman–Crippen LogP) is 2.15. The smallest absolute Gasteiger partial charge is 0.272 e. The van der Waals surface area contributed by atoms with Crippen molar-refractivity contribution in [2.24, 2.45) is 0 Å². The van der Waals surface area contributed by atoms with Crippen molar-refractivity contribution >= 4 is 11.7 Å². The summed E-state index contributed by atoms with van der Waals surface area (Å²) in [4.78, 5) is 25.8. The van der Waals surface area contributed by atoms with Crippen LogP contribution in [0, 0.1) is 0 Å². The molecule has 1 aromatic rings. The van der Waals surface area contributed by atoms with E-state index >= 15 is 0 Å². The lowest BCUT2D eigenvalue weighted by atomic mass is 10.0. The van der Waals surface area contributed by atoms with Gasteiger partial charge in [-0.15, -0.1) is 0 Å². The second-order valence-electron chi connectivity index (χ2n) is 6.19. The molecule has 0 radical (unpaired) electrons. The van der Waals surface area contributed by atoms with E-state index in [2.05, 4.69) is 6.92 Å². The molecule has 1 aromatic heterocycles. The highest BCUT2D eigenvalue weighted by Crippen LogP contribution is 2.33. The number of amides is 1. The van der Waals surface area contributed by atoms with Gasteiger partial charge >= 0.3 is 0 Å². The molecule has 114 valence electrons. The van der Waals surface area contributed by atoms with Gasteiger partial charge in [0, 0.05) is 12.1 Å². The van der Waals surface area contributed by atoms with Crippen molar-refractivity contribution in [3.8, 4) is 0 Å². The largest absolute Gasteiger partial charge is 0.330 e. The maximum Gasteiger partial charge on any atom is 0.272 e. The third-order valence-corrected chi connectivity index (χ3v) is 4.63. The normalized spacial score (nSPS) is 19.1. The number of aryl methyl sites for hydroxylation is 1. The molecule has 0 spiro atoms. The number of ketones is 1. The number of aromatic nitrogens is 2. The van der Waals surface area contributed by atoms with Crippen LogP contribution in [0.5, 0.6) is 0 Å². The predicted molar refractivity (Wildman–Crippen MR) is 79.4 cm³/mol. The van der Waals surface area contributed by atoms with Crippen LogP contribution < -0.4 is 0 Å². The Labute approximate surface area is 125 Å². The summed E-state index contributed by atoms with van der Waals surface area (Å²) in [6.07, 6.45) is 6.33. The van der Waals surface area contributed by atoms with E-state index in [4.69, 9.17) is 5.10 Å². The minimum atomic E-state index is -0.00875. The standard InChI is InChI=1S/C16H23N3O2/c1-3-14-13-8-9-18(10-11(2)20)16(21)15(13)19(17-14)12-6-4-5-7-12/h12H,3-10H2,1-2H3. The first kappa shape index (κ1) is 14.3. The summed E-state index contributed by atoms with van der Waals surface area (Å²) in [5.74, 6) is 0.0278. The Morgan fingerprint density at radius 3 is 2.67 bits per heavy atom. The van der Waals surface area contributed by atoms with Crippen molar-refractivity contribution in [3.63, 3.8) is 0 Å². The highest BCUT2D eigenvalue weighted by Gasteiger charge is 2.34. The van der Waals surface area contributed by atoms with Crippen LogP contribution in [0.1, 0.15) is 67.3 Å². The molecule has 0 saturated heterocycles. The fraction of sp³-hybridized carbons (Fsp3) is 0.688. The summed E-state index contributed by atoms with van der Waals surface area (Å²) in [6.45, 7) is 4.48. The quantitative estimate of drug-likeness (QED) is 0.853. The number of rotatable bonds is 4. The lowest BCUT2D eigenvalue weighted by Crippen LogP contribution is -2.41. The highest BCUT2D eigenvalue weighted by molar-refractivity contribution is 5.97. The second-order valence-corrected chi connectivity index (χ2v) is 6.19. The molecular weight excluding hydrogens is 266 g/mol. The third kappa shape index (κ3) is 2.49. The summed E-state index contributed by atoms with van der Waals surface area (Å²) in [5.41, 5.74) is 2.94. The van der Waals surface area contributed by atoms with E-state index in [1.54, 1.807) is 4.90 Å². The number of carbonyl (C=O) groups excluding carboxylic acids is 2. The van der Waals surface area contributed by atoms with Gasteiger partial charge in [0.25, 0.3) is 5.91 Å². The Hall–Kier alpha value is -1.65. The van der Waals surface area contributed by atoms with Crippen molar-refractivity contribution in [2.45, 2.75) is 58.4 Å². The summed E-state index contributed by atoms with van der Waals surface area (Å²) in [5, 5.41) is 4.74. The number of hydrogen-bond acceptors (Lipinski definition) is 3. The van der Waals surface area contributed by atoms with Crippen LogP contribution in [-0.2, 0) is 17.6 Å². The van der Waals surface area contributed by atoms with Gasteiger partial charge in [0.05, 0.1) is 18.3 Å². The monoisotopic (exact) mass is 289 g/mol. The van der Waals surface area contributed by atoms with E-state index in [-0.39, 0.29) is 18.2 Å². The van der Waals surface area contributed by atoms with Crippen LogP contribution >= 0.6 is 0 Å². The molecule has 1 fully saturated rings. The van der Waals surface area contributed by atoms with E-state index in [1.807, 2.05) is 4.68 Å². The zero-order chi connectivity index (χ0) is 15.0. The highest BCUT2D eigenvalue weighted by atomic mass is 16.2. The molecule has 1 saturated carbocycles. The van der Waals surface area contributed by atoms with E-state index in [0.717, 1.165) is 42.6 Å². The van der Waals surface area contributed by atoms with E-state index in [9.17, 15) is 9.59 Å². The zero-order valence-corrected chi connectivity index (χ0v) is 12.9. The Bertz CT molecular complexity index is 570. The molecule has 2 aliphatic rings. The van der Waals surface area contributed by atoms with Crippen molar-refractivity contribution in [3.05, 3.63) is 17.0 Å². The Morgan fingerprint density at radius 2 is 2.05 bits per heavy atom. The van der Waals surface area contributed by atoms with Gasteiger partial charge in [0.2, 0.25) is 0 Å². The molecule has 0 aromatic carbocycles. The van der Waals surface area contributed by atoms with Gasteiger partial charge in [0.15, 0.2) is 0 Å². The first-order chi connectivity index (χ1) is 10.1. The summed E-state index contributed by atoms with van der Waals surface area (Å²) < 4.78 is 1.98. The molecule has 2 heterocycles. The van der Waals surface area contributed by atoms with Crippen LogP contribution in [0.3, 0.4) is 0 Å². The molecule has 1 amide bonds. The van der Waals surface area contributed by atoms with Crippen LogP contribution in [0.25, 0.3) is 0 Å². The molecule has 5 nitrogen and oxygen atoms in total. The Morgan fingerprint density at radius 1 is 1.33 bits per heavy atom. The maximum atomic E-state index is 12.8. The average Bonchev–Trinajstić information content (AvgIpc) is 3.08. The van der Waals surface area contributed by atoms with Crippen molar-refractivity contribution in [1.82, 2.24) is 14.7 Å². The van der Waals surface area contributed by atoms with Crippen LogP contribution in [0.2, 0.25) is 0 Å². The van der Waals surface area contributed by atoms with Gasteiger partial charge in [0.1, 0.15) is 11.5 Å². The fourth-order valence-electron chi connectivity index (χ4n) is 3.62.